The fourth-order valence-corrected chi connectivity index (χ4v) is 11.3. The van der Waals surface area contributed by atoms with Gasteiger partial charge in [-0.25, -0.2) is 0 Å². The van der Waals surface area contributed by atoms with Gasteiger partial charge in [0.2, 0.25) is 23.6 Å². The summed E-state index contributed by atoms with van der Waals surface area (Å²) in [5.41, 5.74) is 11.8. The van der Waals surface area contributed by atoms with Crippen molar-refractivity contribution in [3.05, 3.63) is 158 Å². The maximum Gasteiger partial charge on any atom is 0.246 e. The molecular formula is C59H68N10O6S. The SMILES string of the molecule is CC1=C(c2ccc(CNC(=O)[C@@H]3CC(O)CN3C(=O)[C@@H](NC(=O)COCCn3cc(-c4ccc(C(C)NC(=O)CC5N=C(c6ccc(C)cc6)c6c(sc(C)c6C)-n6c(C)nnc65)cc4)cn3)C(C)(C)C)cc2)CC=C1. The van der Waals surface area contributed by atoms with Crippen LogP contribution < -0.4 is 16.0 Å². The number of aryl methyl sites for hydroxylation is 3. The van der Waals surface area contributed by atoms with Crippen molar-refractivity contribution in [1.82, 2.24) is 45.4 Å². The number of aliphatic hydroxyl groups excluding tert-OH is 1. The number of fused-ring (bicyclic) bond motifs is 3. The number of aliphatic imine (C=N–C) groups is 1. The Kier molecular flexibility index (Phi) is 15.8. The molecule has 3 unspecified atom stereocenters. The van der Waals surface area contributed by atoms with Crippen LogP contribution in [-0.4, -0.2) is 102 Å². The van der Waals surface area contributed by atoms with E-state index in [9.17, 15) is 24.3 Å². The molecule has 3 aliphatic rings. The topological polar surface area (TPSA) is 198 Å². The third-order valence-corrected chi connectivity index (χ3v) is 15.8. The first-order valence-electron chi connectivity index (χ1n) is 26.0. The van der Waals surface area contributed by atoms with Crippen LogP contribution in [0.5, 0.6) is 0 Å². The van der Waals surface area contributed by atoms with E-state index in [2.05, 4.69) is 112 Å². The third-order valence-electron chi connectivity index (χ3n) is 14.6. The van der Waals surface area contributed by atoms with E-state index in [-0.39, 0.29) is 57.0 Å². The number of nitrogens with zero attached hydrogens (tertiary/aromatic N) is 7. The lowest BCUT2D eigenvalue weighted by Gasteiger charge is -2.35. The van der Waals surface area contributed by atoms with Crippen molar-refractivity contribution in [2.45, 2.75) is 125 Å². The van der Waals surface area contributed by atoms with Gasteiger partial charge >= 0.3 is 0 Å². The number of hydrogen-bond acceptors (Lipinski definition) is 11. The number of amides is 4. The van der Waals surface area contributed by atoms with Crippen molar-refractivity contribution >= 4 is 46.3 Å². The Morgan fingerprint density at radius 2 is 1.58 bits per heavy atom. The molecule has 9 rings (SSSR count). The molecule has 0 saturated carbocycles. The second-order valence-corrected chi connectivity index (χ2v) is 22.6. The molecule has 1 aliphatic carbocycles. The lowest BCUT2D eigenvalue weighted by atomic mass is 9.85. The third kappa shape index (κ3) is 11.7. The molecule has 17 heteroatoms. The number of thiophene rings is 1. The first kappa shape index (κ1) is 53.5. The van der Waals surface area contributed by atoms with Gasteiger partial charge in [-0.05, 0) is 92.3 Å². The maximum atomic E-state index is 14.1. The van der Waals surface area contributed by atoms with Gasteiger partial charge in [-0.3, -0.25) is 33.4 Å². The summed E-state index contributed by atoms with van der Waals surface area (Å²) >= 11 is 1.69. The molecule has 5 heterocycles. The summed E-state index contributed by atoms with van der Waals surface area (Å²) in [4.78, 5) is 62.7. The zero-order valence-electron chi connectivity index (χ0n) is 44.8. The molecule has 2 aliphatic heterocycles. The summed E-state index contributed by atoms with van der Waals surface area (Å²) in [5, 5.41) is 34.2. The van der Waals surface area contributed by atoms with E-state index in [1.165, 1.54) is 20.9 Å². The smallest absolute Gasteiger partial charge is 0.246 e. The number of β-amino-alcohol motifs (C(OH)–C–C–N with tert-alkyl or cyclic N) is 1. The zero-order chi connectivity index (χ0) is 54.0. The van der Waals surface area contributed by atoms with E-state index >= 15 is 0 Å². The molecule has 1 fully saturated rings. The number of ether oxygens (including phenoxy) is 1. The molecule has 4 N–H and O–H groups in total. The summed E-state index contributed by atoms with van der Waals surface area (Å²) in [7, 11) is 0. The van der Waals surface area contributed by atoms with Crippen molar-refractivity contribution in [2.75, 3.05) is 19.8 Å². The van der Waals surface area contributed by atoms with Gasteiger partial charge in [0.15, 0.2) is 5.82 Å². The Bertz CT molecular complexity index is 3230. The number of nitrogens with one attached hydrogen (secondary N) is 3. The van der Waals surface area contributed by atoms with Gasteiger partial charge in [-0.15, -0.1) is 21.5 Å². The van der Waals surface area contributed by atoms with Crippen molar-refractivity contribution in [1.29, 1.82) is 0 Å². The summed E-state index contributed by atoms with van der Waals surface area (Å²) < 4.78 is 9.56. The number of carbonyl (C=O) groups excluding carboxylic acids is 4. The minimum atomic E-state index is -0.976. The molecule has 16 nitrogen and oxygen atoms in total. The largest absolute Gasteiger partial charge is 0.391 e. The number of aliphatic hydroxyl groups is 1. The lowest BCUT2D eigenvalue weighted by Crippen LogP contribution is -2.58. The number of allylic oxidation sites excluding steroid dienone is 4. The molecular weight excluding hydrogens is 977 g/mol. The second-order valence-electron chi connectivity index (χ2n) is 21.4. The first-order valence-corrected chi connectivity index (χ1v) is 26.8. The van der Waals surface area contributed by atoms with Crippen LogP contribution in [-0.2, 0) is 37.0 Å². The quantitative estimate of drug-likeness (QED) is 0.0652. The maximum absolute atomic E-state index is 14.1. The fourth-order valence-electron chi connectivity index (χ4n) is 10.1. The van der Waals surface area contributed by atoms with Crippen LogP contribution in [0.4, 0.5) is 0 Å². The van der Waals surface area contributed by atoms with Crippen molar-refractivity contribution in [3.8, 4) is 16.1 Å². The number of aromatic nitrogens is 5. The Balaban J connectivity index is 0.752. The van der Waals surface area contributed by atoms with E-state index in [0.717, 1.165) is 73.0 Å². The number of likely N-dealkylation sites (tertiary alicyclic amines) is 1. The van der Waals surface area contributed by atoms with Crippen molar-refractivity contribution in [3.63, 3.8) is 0 Å². The highest BCUT2D eigenvalue weighted by Gasteiger charge is 2.44. The first-order chi connectivity index (χ1) is 36.3. The number of carbonyl (C=O) groups is 4. The van der Waals surface area contributed by atoms with Crippen molar-refractivity contribution < 1.29 is 29.0 Å². The van der Waals surface area contributed by atoms with E-state index in [0.29, 0.717) is 12.4 Å². The highest BCUT2D eigenvalue weighted by Crippen LogP contribution is 2.40. The van der Waals surface area contributed by atoms with Gasteiger partial charge in [0.25, 0.3) is 0 Å². The minimum Gasteiger partial charge on any atom is -0.391 e. The van der Waals surface area contributed by atoms with Crippen LogP contribution in [0.2, 0.25) is 0 Å². The second kappa shape index (κ2) is 22.5. The Labute approximate surface area is 448 Å². The summed E-state index contributed by atoms with van der Waals surface area (Å²) in [5.74, 6) is -0.0435. The average molecular weight is 1050 g/mol. The lowest BCUT2D eigenvalue weighted by molar-refractivity contribution is -0.144. The van der Waals surface area contributed by atoms with E-state index in [1.807, 2.05) is 77.2 Å². The Morgan fingerprint density at radius 1 is 0.868 bits per heavy atom. The molecule has 4 amide bonds. The Hall–Kier alpha value is -7.34. The van der Waals surface area contributed by atoms with Crippen LogP contribution in [0.25, 0.3) is 21.7 Å². The monoisotopic (exact) mass is 1040 g/mol. The molecule has 396 valence electrons. The molecule has 3 aromatic heterocycles. The zero-order valence-corrected chi connectivity index (χ0v) is 45.6. The highest BCUT2D eigenvalue weighted by molar-refractivity contribution is 7.15. The fraction of sp³-hybridized carbons (Fsp3) is 0.390. The van der Waals surface area contributed by atoms with Crippen LogP contribution in [0, 0.1) is 33.1 Å². The van der Waals surface area contributed by atoms with E-state index < -0.39 is 41.5 Å². The molecule has 1 saturated heterocycles. The van der Waals surface area contributed by atoms with Crippen LogP contribution in [0.15, 0.2) is 108 Å². The summed E-state index contributed by atoms with van der Waals surface area (Å²) in [6, 6.07) is 21.7. The van der Waals surface area contributed by atoms with Crippen LogP contribution >= 0.6 is 11.3 Å². The summed E-state index contributed by atoms with van der Waals surface area (Å²) in [6.45, 7) is 18.3. The van der Waals surface area contributed by atoms with Crippen LogP contribution in [0.3, 0.4) is 0 Å². The average Bonchev–Trinajstić information content (AvgIpc) is 4.24. The number of benzene rings is 3. The Morgan fingerprint density at radius 3 is 2.28 bits per heavy atom. The van der Waals surface area contributed by atoms with Gasteiger partial charge < -0.3 is 30.7 Å². The predicted molar refractivity (Wildman–Crippen MR) is 295 cm³/mol. The molecule has 0 bridgehead atoms. The highest BCUT2D eigenvalue weighted by atomic mass is 32.1. The minimum absolute atomic E-state index is 0.0163. The number of rotatable bonds is 17. The van der Waals surface area contributed by atoms with Gasteiger partial charge in [-0.1, -0.05) is 111 Å². The summed E-state index contributed by atoms with van der Waals surface area (Å²) in [6.07, 6.45) is 8.15. The van der Waals surface area contributed by atoms with Gasteiger partial charge in [-0.2, -0.15) is 5.10 Å². The molecule has 0 spiro atoms. The molecule has 5 atom stereocenters. The predicted octanol–water partition coefficient (Wildman–Crippen LogP) is 8.14. The molecule has 3 aromatic carbocycles. The number of hydrogen-bond donors (Lipinski definition) is 4. The molecule has 0 radical (unpaired) electrons. The normalized spacial score (nSPS) is 17.9. The van der Waals surface area contributed by atoms with Gasteiger partial charge in [0.1, 0.15) is 35.6 Å². The van der Waals surface area contributed by atoms with Crippen molar-refractivity contribution in [2.24, 2.45) is 10.4 Å². The molecule has 6 aromatic rings. The standard InChI is InChI=1S/C59H68N10O6S/c1-34-13-17-44(18-14-34)53-52-36(3)38(5)76-58(52)69-39(6)65-66-55(69)48(63-53)28-50(71)62-37(4)41-21-23-42(24-22-41)45-30-61-67(31-45)25-26-75-33-51(72)64-54(59(7,8)9)57(74)68-32-46(70)27-49(68)56(73)60-29-40-15-19-43(20-16-40)47-12-10-11-35(47)2/h10-11,13-24,30-31,37,46,48-49,54,70H,12,25-29,32-33H2,1-9H3,(H,60,73)(H,62,71)(H,64,72)/t37?,46?,48?,49-,54+/m0/s1. The van der Waals surface area contributed by atoms with Gasteiger partial charge in [0.05, 0.1) is 43.6 Å². The van der Waals surface area contributed by atoms with E-state index in [4.69, 9.17) is 9.73 Å². The van der Waals surface area contributed by atoms with E-state index in [1.54, 1.807) is 22.2 Å². The van der Waals surface area contributed by atoms with Gasteiger partial charge in [0, 0.05) is 47.3 Å². The molecule has 76 heavy (non-hydrogen) atoms. The van der Waals surface area contributed by atoms with Crippen LogP contribution in [0.1, 0.15) is 121 Å².